The van der Waals surface area contributed by atoms with Gasteiger partial charge < -0.3 is 5.11 Å². The molecule has 1 aliphatic heterocycles. The predicted molar refractivity (Wildman–Crippen MR) is 45.0 cm³/mol. The van der Waals surface area contributed by atoms with Crippen molar-refractivity contribution in [1.29, 1.82) is 0 Å². The van der Waals surface area contributed by atoms with Crippen LogP contribution in [-0.2, 0) is 11.2 Å². The van der Waals surface area contributed by atoms with Gasteiger partial charge in [-0.25, -0.2) is 0 Å². The van der Waals surface area contributed by atoms with Crippen molar-refractivity contribution in [3.8, 4) is 5.75 Å². The van der Waals surface area contributed by atoms with E-state index in [4.69, 9.17) is 0 Å². The lowest BCUT2D eigenvalue weighted by molar-refractivity contribution is -0.454. The molecule has 0 spiro atoms. The van der Waals surface area contributed by atoms with Crippen LogP contribution in [-0.4, -0.2) is 22.2 Å². The molecular weight excluding hydrogens is 170 g/mol. The van der Waals surface area contributed by atoms with Crippen LogP contribution in [0, 0.1) is 4.91 Å². The summed E-state index contributed by atoms with van der Waals surface area (Å²) in [5, 5.41) is 9.36. The van der Waals surface area contributed by atoms with Gasteiger partial charge in [-0.3, -0.25) is 4.79 Å². The highest BCUT2D eigenvalue weighted by atomic mass is 16.3. The Morgan fingerprint density at radius 1 is 1.38 bits per heavy atom. The average molecular weight is 178 g/mol. The first-order valence-corrected chi connectivity index (χ1v) is 3.95. The molecule has 1 aromatic carbocycles. The zero-order valence-corrected chi connectivity index (χ0v) is 6.86. The molecule has 0 unspecified atom stereocenters. The second-order valence-electron chi connectivity index (χ2n) is 3.04. The monoisotopic (exact) mass is 178 g/mol. The Morgan fingerprint density at radius 3 is 2.92 bits per heavy atom. The van der Waals surface area contributed by atoms with Crippen molar-refractivity contribution in [3.63, 3.8) is 0 Å². The molecule has 0 fully saturated rings. The van der Waals surface area contributed by atoms with Crippen molar-refractivity contribution in [2.45, 2.75) is 6.42 Å². The fourth-order valence-electron chi connectivity index (χ4n) is 1.52. The van der Waals surface area contributed by atoms with Gasteiger partial charge in [0, 0.05) is 21.7 Å². The molecule has 0 amide bonds. The lowest BCUT2D eigenvalue weighted by atomic mass is 10.0. The molecule has 4 nitrogen and oxygen atoms in total. The summed E-state index contributed by atoms with van der Waals surface area (Å²) in [6.45, 7) is -0.162. The number of phenols is 1. The molecule has 1 aromatic rings. The third kappa shape index (κ3) is 1.20. The lowest BCUT2D eigenvalue weighted by Gasteiger charge is -2.07. The standard InChI is InChI=1S/C9H7NO3/c11-7-4-6-2-1-3-8(12)9(6)10(13)5-7/h1-3H,4-5H2/p+1. The summed E-state index contributed by atoms with van der Waals surface area (Å²) in [5.74, 6) is -0.173. The number of hydrogen-bond donors (Lipinski definition) is 1. The Bertz CT molecular complexity index is 398. The summed E-state index contributed by atoms with van der Waals surface area (Å²) in [7, 11) is 0. The van der Waals surface area contributed by atoms with E-state index < -0.39 is 0 Å². The lowest BCUT2D eigenvalue weighted by Crippen LogP contribution is -2.23. The summed E-state index contributed by atoms with van der Waals surface area (Å²) in [6.07, 6.45) is 0.239. The minimum absolute atomic E-state index is 0.0556. The Balaban J connectivity index is 2.61. The largest absolute Gasteiger partial charge is 0.502 e. The minimum atomic E-state index is -0.162. The highest BCUT2D eigenvalue weighted by Gasteiger charge is 2.32. The van der Waals surface area contributed by atoms with E-state index in [9.17, 15) is 14.8 Å². The van der Waals surface area contributed by atoms with Crippen LogP contribution in [0.4, 0.5) is 5.69 Å². The van der Waals surface area contributed by atoms with Gasteiger partial charge in [-0.15, -0.1) is 0 Å². The summed E-state index contributed by atoms with van der Waals surface area (Å²) >= 11 is 0. The van der Waals surface area contributed by atoms with E-state index in [0.29, 0.717) is 10.3 Å². The van der Waals surface area contributed by atoms with Gasteiger partial charge in [-0.05, 0) is 6.07 Å². The van der Waals surface area contributed by atoms with Gasteiger partial charge in [-0.1, -0.05) is 12.1 Å². The molecule has 0 aliphatic carbocycles. The molecule has 13 heavy (non-hydrogen) atoms. The number of aromatic hydroxyl groups is 1. The summed E-state index contributed by atoms with van der Waals surface area (Å²) in [4.78, 5) is 22.3. The maximum Gasteiger partial charge on any atom is 0.301 e. The van der Waals surface area contributed by atoms with Crippen molar-refractivity contribution < 1.29 is 14.7 Å². The second-order valence-corrected chi connectivity index (χ2v) is 3.04. The molecule has 1 heterocycles. The van der Waals surface area contributed by atoms with Gasteiger partial charge in [-0.2, -0.15) is 0 Å². The van der Waals surface area contributed by atoms with E-state index in [1.54, 1.807) is 12.1 Å². The van der Waals surface area contributed by atoms with E-state index >= 15 is 0 Å². The van der Waals surface area contributed by atoms with Crippen molar-refractivity contribution in [1.82, 2.24) is 0 Å². The molecule has 0 radical (unpaired) electrons. The topological polar surface area (TPSA) is 57.4 Å². The van der Waals surface area contributed by atoms with E-state index in [1.807, 2.05) is 0 Å². The molecular formula is C9H8NO3+. The Kier molecular flexibility index (Phi) is 1.62. The van der Waals surface area contributed by atoms with E-state index in [2.05, 4.69) is 0 Å². The first-order valence-electron chi connectivity index (χ1n) is 3.95. The molecule has 0 bridgehead atoms. The highest BCUT2D eigenvalue weighted by molar-refractivity contribution is 5.85. The first-order chi connectivity index (χ1) is 6.18. The van der Waals surface area contributed by atoms with Crippen molar-refractivity contribution in [3.05, 3.63) is 28.7 Å². The van der Waals surface area contributed by atoms with Gasteiger partial charge in [0.05, 0.1) is 0 Å². The summed E-state index contributed by atoms with van der Waals surface area (Å²) in [6, 6.07) is 4.75. The maximum absolute atomic E-state index is 11.3. The maximum atomic E-state index is 11.3. The number of para-hydroxylation sites is 1. The normalized spacial score (nSPS) is 15.7. The van der Waals surface area contributed by atoms with Gasteiger partial charge in [0.1, 0.15) is 0 Å². The zero-order valence-electron chi connectivity index (χ0n) is 6.86. The quantitative estimate of drug-likeness (QED) is 0.601. The smallest absolute Gasteiger partial charge is 0.301 e. The van der Waals surface area contributed by atoms with Crippen LogP contribution < -0.4 is 0 Å². The number of carbonyl (C=O) groups excluding carboxylic acids is 1. The number of rotatable bonds is 0. The average Bonchev–Trinajstić information content (AvgIpc) is 2.02. The number of phenolic OH excluding ortho intramolecular Hbond substituents is 1. The van der Waals surface area contributed by atoms with Crippen LogP contribution in [0.25, 0.3) is 0 Å². The molecule has 1 aliphatic rings. The molecule has 66 valence electrons. The fourth-order valence-corrected chi connectivity index (χ4v) is 1.52. The van der Waals surface area contributed by atoms with Gasteiger partial charge in [0.15, 0.2) is 5.75 Å². The third-order valence-electron chi connectivity index (χ3n) is 2.06. The van der Waals surface area contributed by atoms with Gasteiger partial charge in [0.25, 0.3) is 6.54 Å². The fraction of sp³-hybridized carbons (Fsp3) is 0.222. The van der Waals surface area contributed by atoms with Crippen LogP contribution in [0.3, 0.4) is 0 Å². The van der Waals surface area contributed by atoms with Gasteiger partial charge in [0.2, 0.25) is 5.78 Å². The highest BCUT2D eigenvalue weighted by Crippen LogP contribution is 2.32. The number of ketones is 1. The van der Waals surface area contributed by atoms with Gasteiger partial charge >= 0.3 is 5.69 Å². The Hall–Kier alpha value is -1.71. The summed E-state index contributed by atoms with van der Waals surface area (Å²) < 4.78 is 0.538. The van der Waals surface area contributed by atoms with Crippen LogP contribution in [0.15, 0.2) is 18.2 Å². The molecule has 0 saturated carbocycles. The number of nitroso groups, excluding NO2 is 1. The first kappa shape index (κ1) is 7.91. The van der Waals surface area contributed by atoms with E-state index in [1.165, 1.54) is 6.07 Å². The van der Waals surface area contributed by atoms with E-state index in [-0.39, 0.29) is 30.2 Å². The summed E-state index contributed by atoms with van der Waals surface area (Å²) in [5.41, 5.74) is 0.841. The number of carbonyl (C=O) groups is 1. The number of fused-ring (bicyclic) bond motifs is 1. The van der Waals surface area contributed by atoms with Crippen LogP contribution in [0.5, 0.6) is 5.75 Å². The van der Waals surface area contributed by atoms with E-state index in [0.717, 1.165) is 0 Å². The Morgan fingerprint density at radius 2 is 2.15 bits per heavy atom. The molecule has 0 aromatic heterocycles. The number of benzene rings is 1. The zero-order chi connectivity index (χ0) is 9.42. The van der Waals surface area contributed by atoms with Crippen molar-refractivity contribution in [2.24, 2.45) is 0 Å². The van der Waals surface area contributed by atoms with Crippen LogP contribution in [0.1, 0.15) is 5.56 Å². The van der Waals surface area contributed by atoms with Crippen LogP contribution in [0.2, 0.25) is 0 Å². The minimum Gasteiger partial charge on any atom is -0.502 e. The number of nitrogens with zero attached hydrogens (tertiary/aromatic N) is 1. The van der Waals surface area contributed by atoms with Crippen molar-refractivity contribution in [2.75, 3.05) is 6.54 Å². The number of hydrogen-bond acceptors (Lipinski definition) is 3. The molecule has 2 rings (SSSR count). The third-order valence-corrected chi connectivity index (χ3v) is 2.06. The van der Waals surface area contributed by atoms with Crippen LogP contribution >= 0.6 is 0 Å². The number of Topliss-reactive ketones (excluding diaryl/α,β-unsaturated/α-hetero) is 1. The Labute approximate surface area is 74.4 Å². The molecule has 0 atom stereocenters. The molecule has 1 N–H and O–H groups in total. The SMILES string of the molecule is O=C1Cc2cccc(O)c2[N+](=O)C1. The second kappa shape index (κ2) is 2.65. The molecule has 4 heteroatoms. The predicted octanol–water partition coefficient (Wildman–Crippen LogP) is 0.928. The van der Waals surface area contributed by atoms with Crippen molar-refractivity contribution >= 4 is 11.5 Å². The molecule has 0 saturated heterocycles.